The highest BCUT2D eigenvalue weighted by molar-refractivity contribution is 5.18. The van der Waals surface area contributed by atoms with E-state index in [2.05, 4.69) is 34.5 Å². The Bertz CT molecular complexity index is 623. The van der Waals surface area contributed by atoms with Gasteiger partial charge in [-0.1, -0.05) is 36.4 Å². The molecule has 0 bridgehead atoms. The zero-order valence-corrected chi connectivity index (χ0v) is 13.1. The summed E-state index contributed by atoms with van der Waals surface area (Å²) in [5.41, 5.74) is 1.87. The Morgan fingerprint density at radius 1 is 1.00 bits per heavy atom. The maximum Gasteiger partial charge on any atom is 0.130 e. The van der Waals surface area contributed by atoms with Crippen LogP contribution in [0.4, 0.5) is 8.78 Å². The van der Waals surface area contributed by atoms with Gasteiger partial charge in [-0.15, -0.1) is 0 Å². The maximum atomic E-state index is 13.6. The van der Waals surface area contributed by atoms with Crippen LogP contribution < -0.4 is 5.32 Å². The Hall–Kier alpha value is -1.78. The molecule has 1 N–H and O–H groups in total. The van der Waals surface area contributed by atoms with Gasteiger partial charge in [-0.3, -0.25) is 4.90 Å². The molecular weight excluding hydrogens is 294 g/mol. The molecule has 0 spiro atoms. The van der Waals surface area contributed by atoms with Crippen molar-refractivity contribution in [1.29, 1.82) is 0 Å². The quantitative estimate of drug-likeness (QED) is 0.904. The van der Waals surface area contributed by atoms with Crippen LogP contribution >= 0.6 is 0 Å². The molecule has 0 radical (unpaired) electrons. The molecule has 1 aliphatic heterocycles. The molecule has 0 amide bonds. The van der Waals surface area contributed by atoms with Crippen molar-refractivity contribution < 1.29 is 8.78 Å². The summed E-state index contributed by atoms with van der Waals surface area (Å²) in [7, 11) is 0. The Labute approximate surface area is 136 Å². The average Bonchev–Trinajstić information content (AvgIpc) is 2.56. The van der Waals surface area contributed by atoms with E-state index in [4.69, 9.17) is 0 Å². The molecular formula is C19H22F2N2. The standard InChI is InChI=1S/C19H22F2N2/c20-17-7-6-16(19(21)12-17)13-22-18-8-10-23(11-9-18)14-15-4-2-1-3-5-15/h1-7,12,18,22H,8-11,13-14H2. The molecule has 3 rings (SSSR count). The number of benzene rings is 2. The number of hydrogen-bond acceptors (Lipinski definition) is 2. The van der Waals surface area contributed by atoms with Crippen molar-refractivity contribution in [2.24, 2.45) is 0 Å². The Morgan fingerprint density at radius 3 is 2.43 bits per heavy atom. The minimum Gasteiger partial charge on any atom is -0.310 e. The number of nitrogens with one attached hydrogen (secondary N) is 1. The first-order chi connectivity index (χ1) is 11.2. The van der Waals surface area contributed by atoms with Gasteiger partial charge in [0.05, 0.1) is 0 Å². The molecule has 4 heteroatoms. The third-order valence-electron chi connectivity index (χ3n) is 4.43. The molecule has 2 aromatic rings. The highest BCUT2D eigenvalue weighted by atomic mass is 19.1. The van der Waals surface area contributed by atoms with E-state index in [-0.39, 0.29) is 0 Å². The number of halogens is 2. The van der Waals surface area contributed by atoms with E-state index < -0.39 is 11.6 Å². The number of nitrogens with zero attached hydrogens (tertiary/aromatic N) is 1. The fourth-order valence-electron chi connectivity index (χ4n) is 3.06. The van der Waals surface area contributed by atoms with E-state index >= 15 is 0 Å². The second kappa shape index (κ2) is 7.66. The molecule has 0 unspecified atom stereocenters. The van der Waals surface area contributed by atoms with Crippen molar-refractivity contribution in [2.45, 2.75) is 32.0 Å². The summed E-state index contributed by atoms with van der Waals surface area (Å²) in [6, 6.07) is 14.6. The number of piperidine rings is 1. The normalized spacial score (nSPS) is 16.6. The summed E-state index contributed by atoms with van der Waals surface area (Å²) in [5.74, 6) is -1.00. The zero-order chi connectivity index (χ0) is 16.1. The zero-order valence-electron chi connectivity index (χ0n) is 13.1. The van der Waals surface area contributed by atoms with Crippen LogP contribution in [-0.2, 0) is 13.1 Å². The van der Waals surface area contributed by atoms with Crippen LogP contribution in [0.2, 0.25) is 0 Å². The number of likely N-dealkylation sites (tertiary alicyclic amines) is 1. The lowest BCUT2D eigenvalue weighted by Gasteiger charge is -2.32. The first-order valence-corrected chi connectivity index (χ1v) is 8.14. The van der Waals surface area contributed by atoms with E-state index in [0.717, 1.165) is 38.5 Å². The van der Waals surface area contributed by atoms with Gasteiger partial charge in [-0.2, -0.15) is 0 Å². The van der Waals surface area contributed by atoms with Crippen molar-refractivity contribution in [3.05, 3.63) is 71.3 Å². The summed E-state index contributed by atoms with van der Waals surface area (Å²) < 4.78 is 26.5. The third-order valence-corrected chi connectivity index (χ3v) is 4.43. The van der Waals surface area contributed by atoms with Crippen LogP contribution in [0, 0.1) is 11.6 Å². The Kier molecular flexibility index (Phi) is 5.36. The van der Waals surface area contributed by atoms with Gasteiger partial charge < -0.3 is 5.32 Å². The van der Waals surface area contributed by atoms with Crippen LogP contribution in [0.25, 0.3) is 0 Å². The van der Waals surface area contributed by atoms with Crippen LogP contribution in [0.3, 0.4) is 0 Å². The number of hydrogen-bond donors (Lipinski definition) is 1. The van der Waals surface area contributed by atoms with E-state index in [1.165, 1.54) is 17.7 Å². The molecule has 1 saturated heterocycles. The molecule has 0 aromatic heterocycles. The Balaban J connectivity index is 1.44. The topological polar surface area (TPSA) is 15.3 Å². The second-order valence-electron chi connectivity index (χ2n) is 6.15. The van der Waals surface area contributed by atoms with Crippen LogP contribution in [0.15, 0.2) is 48.5 Å². The molecule has 0 saturated carbocycles. The van der Waals surface area contributed by atoms with Crippen molar-refractivity contribution in [3.8, 4) is 0 Å². The summed E-state index contributed by atoms with van der Waals surface area (Å²) in [6.45, 7) is 3.52. The van der Waals surface area contributed by atoms with Crippen molar-refractivity contribution in [1.82, 2.24) is 10.2 Å². The molecule has 1 aliphatic rings. The summed E-state index contributed by atoms with van der Waals surface area (Å²) in [5, 5.41) is 3.39. The smallest absolute Gasteiger partial charge is 0.130 e. The minimum atomic E-state index is -0.527. The molecule has 0 atom stereocenters. The van der Waals surface area contributed by atoms with Gasteiger partial charge in [0.25, 0.3) is 0 Å². The first-order valence-electron chi connectivity index (χ1n) is 8.14. The van der Waals surface area contributed by atoms with Gasteiger partial charge >= 0.3 is 0 Å². The van der Waals surface area contributed by atoms with E-state index in [0.29, 0.717) is 18.2 Å². The van der Waals surface area contributed by atoms with Gasteiger partial charge in [0, 0.05) is 30.8 Å². The SMILES string of the molecule is Fc1ccc(CNC2CCN(Cc3ccccc3)CC2)c(F)c1. The van der Waals surface area contributed by atoms with Crippen LogP contribution in [-0.4, -0.2) is 24.0 Å². The minimum absolute atomic E-state index is 0.395. The first kappa shape index (κ1) is 16.1. The highest BCUT2D eigenvalue weighted by Gasteiger charge is 2.19. The van der Waals surface area contributed by atoms with Crippen molar-refractivity contribution in [2.75, 3.05) is 13.1 Å². The lowest BCUT2D eigenvalue weighted by Crippen LogP contribution is -2.41. The molecule has 23 heavy (non-hydrogen) atoms. The van der Waals surface area contributed by atoms with E-state index in [9.17, 15) is 8.78 Å². The van der Waals surface area contributed by atoms with Gasteiger partial charge in [-0.25, -0.2) is 8.78 Å². The molecule has 1 heterocycles. The predicted octanol–water partition coefficient (Wildman–Crippen LogP) is 3.72. The van der Waals surface area contributed by atoms with Gasteiger partial charge in [-0.05, 0) is 37.6 Å². The highest BCUT2D eigenvalue weighted by Crippen LogP contribution is 2.15. The fraction of sp³-hybridized carbons (Fsp3) is 0.368. The third kappa shape index (κ3) is 4.60. The van der Waals surface area contributed by atoms with Gasteiger partial charge in [0.15, 0.2) is 0 Å². The lowest BCUT2D eigenvalue weighted by molar-refractivity contribution is 0.190. The molecule has 0 aliphatic carbocycles. The summed E-state index contributed by atoms with van der Waals surface area (Å²) >= 11 is 0. The second-order valence-corrected chi connectivity index (χ2v) is 6.15. The van der Waals surface area contributed by atoms with Crippen LogP contribution in [0.5, 0.6) is 0 Å². The number of rotatable bonds is 5. The van der Waals surface area contributed by atoms with Crippen molar-refractivity contribution in [3.63, 3.8) is 0 Å². The van der Waals surface area contributed by atoms with Gasteiger partial charge in [0.1, 0.15) is 11.6 Å². The monoisotopic (exact) mass is 316 g/mol. The predicted molar refractivity (Wildman–Crippen MR) is 87.9 cm³/mol. The van der Waals surface area contributed by atoms with Gasteiger partial charge in [0.2, 0.25) is 0 Å². The summed E-state index contributed by atoms with van der Waals surface area (Å²) in [6.07, 6.45) is 2.10. The van der Waals surface area contributed by atoms with Crippen LogP contribution in [0.1, 0.15) is 24.0 Å². The van der Waals surface area contributed by atoms with E-state index in [1.54, 1.807) is 0 Å². The molecule has 2 nitrogen and oxygen atoms in total. The molecule has 2 aromatic carbocycles. The maximum absolute atomic E-state index is 13.6. The average molecular weight is 316 g/mol. The Morgan fingerprint density at radius 2 is 1.74 bits per heavy atom. The molecule has 122 valence electrons. The largest absolute Gasteiger partial charge is 0.310 e. The molecule has 1 fully saturated rings. The fourth-order valence-corrected chi connectivity index (χ4v) is 3.06. The summed E-state index contributed by atoms with van der Waals surface area (Å²) in [4.78, 5) is 2.45. The lowest BCUT2D eigenvalue weighted by atomic mass is 10.0. The van der Waals surface area contributed by atoms with E-state index in [1.807, 2.05) is 6.07 Å². The van der Waals surface area contributed by atoms with Crippen molar-refractivity contribution >= 4 is 0 Å².